The van der Waals surface area contributed by atoms with Crippen LogP contribution in [0, 0.1) is 0 Å². The highest BCUT2D eigenvalue weighted by atomic mass is 14.9. The van der Waals surface area contributed by atoms with E-state index in [2.05, 4.69) is 26.2 Å². The van der Waals surface area contributed by atoms with Crippen LogP contribution in [0.15, 0.2) is 0 Å². The van der Waals surface area contributed by atoms with Crippen LogP contribution in [-0.2, 0) is 0 Å². The summed E-state index contributed by atoms with van der Waals surface area (Å²) in [6, 6.07) is 0.776. The number of hydrogen-bond donors (Lipinski definition) is 1. The molecule has 0 spiro atoms. The quantitative estimate of drug-likeness (QED) is 0.522. The number of nitrogens with one attached hydrogen (secondary N) is 1. The molecule has 1 atom stereocenters. The summed E-state index contributed by atoms with van der Waals surface area (Å²) in [5.74, 6) is 0. The van der Waals surface area contributed by atoms with E-state index >= 15 is 0 Å². The average Bonchev–Trinajstić information content (AvgIpc) is 2.22. The van der Waals surface area contributed by atoms with E-state index in [-0.39, 0.29) is 0 Å². The minimum absolute atomic E-state index is 0.776. The number of hydrogen-bond acceptors (Lipinski definition) is 1. The van der Waals surface area contributed by atoms with Crippen molar-refractivity contribution in [3.05, 3.63) is 0 Å². The first-order chi connectivity index (χ1) is 6.85. The van der Waals surface area contributed by atoms with Gasteiger partial charge in [-0.05, 0) is 19.9 Å². The molecule has 1 heteroatoms. The molecule has 0 aromatic carbocycles. The molecule has 0 amide bonds. The smallest absolute Gasteiger partial charge is 0.00640 e. The molecule has 1 unspecified atom stereocenters. The maximum absolute atomic E-state index is 3.44. The van der Waals surface area contributed by atoms with Crippen LogP contribution in [0.5, 0.6) is 0 Å². The fourth-order valence-electron chi connectivity index (χ4n) is 1.89. The van der Waals surface area contributed by atoms with Gasteiger partial charge in [0.1, 0.15) is 0 Å². The third-order valence-corrected chi connectivity index (χ3v) is 2.97. The number of unbranched alkanes of at least 4 members (excludes halogenated alkanes) is 5. The Bertz CT molecular complexity index is 101. The van der Waals surface area contributed by atoms with Crippen molar-refractivity contribution in [2.75, 3.05) is 7.05 Å². The van der Waals surface area contributed by atoms with Gasteiger partial charge in [0.2, 0.25) is 0 Å². The Morgan fingerprint density at radius 3 is 1.79 bits per heavy atom. The van der Waals surface area contributed by atoms with Crippen molar-refractivity contribution in [3.8, 4) is 0 Å². The standard InChI is InChI=1S/C13H29N/c1-4-6-8-10-12-13(14-3)11-9-7-5-2/h13-14H,4-12H2,1-3H3. The molecule has 0 aromatic rings. The van der Waals surface area contributed by atoms with Crippen molar-refractivity contribution in [1.29, 1.82) is 0 Å². The molecule has 0 aliphatic rings. The summed E-state index contributed by atoms with van der Waals surface area (Å²) in [6.45, 7) is 4.55. The zero-order valence-corrected chi connectivity index (χ0v) is 10.4. The number of rotatable bonds is 10. The Labute approximate surface area is 90.7 Å². The molecule has 0 bridgehead atoms. The Balaban J connectivity index is 3.28. The predicted octanol–water partition coefficient (Wildman–Crippen LogP) is 4.13. The minimum Gasteiger partial charge on any atom is -0.317 e. The second kappa shape index (κ2) is 11.0. The van der Waals surface area contributed by atoms with Gasteiger partial charge in [0, 0.05) is 6.04 Å². The van der Waals surface area contributed by atoms with Gasteiger partial charge in [-0.3, -0.25) is 0 Å². The van der Waals surface area contributed by atoms with Crippen molar-refractivity contribution in [2.24, 2.45) is 0 Å². The van der Waals surface area contributed by atoms with Crippen LogP contribution >= 0.6 is 0 Å². The van der Waals surface area contributed by atoms with Gasteiger partial charge in [-0.2, -0.15) is 0 Å². The molecule has 0 aliphatic heterocycles. The van der Waals surface area contributed by atoms with Gasteiger partial charge in [0.15, 0.2) is 0 Å². The molecule has 14 heavy (non-hydrogen) atoms. The molecular weight excluding hydrogens is 170 g/mol. The van der Waals surface area contributed by atoms with Gasteiger partial charge in [-0.15, -0.1) is 0 Å². The molecule has 1 nitrogen and oxygen atoms in total. The minimum atomic E-state index is 0.776. The van der Waals surface area contributed by atoms with Gasteiger partial charge < -0.3 is 5.32 Å². The maximum atomic E-state index is 3.44. The molecule has 0 heterocycles. The van der Waals surface area contributed by atoms with Crippen molar-refractivity contribution in [2.45, 2.75) is 77.7 Å². The SMILES string of the molecule is CCCCCCC(CCCCC)NC. The van der Waals surface area contributed by atoms with E-state index in [9.17, 15) is 0 Å². The fourth-order valence-corrected chi connectivity index (χ4v) is 1.89. The van der Waals surface area contributed by atoms with E-state index in [1.165, 1.54) is 57.8 Å². The second-order valence-corrected chi connectivity index (χ2v) is 4.33. The lowest BCUT2D eigenvalue weighted by atomic mass is 10.0. The van der Waals surface area contributed by atoms with Crippen molar-refractivity contribution in [1.82, 2.24) is 5.32 Å². The predicted molar refractivity (Wildman–Crippen MR) is 65.7 cm³/mol. The summed E-state index contributed by atoms with van der Waals surface area (Å²) < 4.78 is 0. The van der Waals surface area contributed by atoms with Crippen LogP contribution in [0.4, 0.5) is 0 Å². The van der Waals surface area contributed by atoms with Crippen molar-refractivity contribution >= 4 is 0 Å². The zero-order valence-electron chi connectivity index (χ0n) is 10.4. The molecule has 0 rings (SSSR count). The lowest BCUT2D eigenvalue weighted by Gasteiger charge is -2.15. The fraction of sp³-hybridized carbons (Fsp3) is 1.00. The molecule has 1 N–H and O–H groups in total. The Morgan fingerprint density at radius 2 is 1.29 bits per heavy atom. The Morgan fingerprint density at radius 1 is 0.786 bits per heavy atom. The molecule has 0 saturated heterocycles. The third kappa shape index (κ3) is 8.55. The Kier molecular flexibility index (Phi) is 11.0. The molecule has 0 saturated carbocycles. The van der Waals surface area contributed by atoms with Crippen molar-refractivity contribution in [3.63, 3.8) is 0 Å². The summed E-state index contributed by atoms with van der Waals surface area (Å²) in [4.78, 5) is 0. The molecule has 0 aromatic heterocycles. The van der Waals surface area contributed by atoms with E-state index in [0.29, 0.717) is 0 Å². The second-order valence-electron chi connectivity index (χ2n) is 4.33. The van der Waals surface area contributed by atoms with E-state index in [0.717, 1.165) is 6.04 Å². The summed E-state index contributed by atoms with van der Waals surface area (Å²) in [7, 11) is 2.11. The highest BCUT2D eigenvalue weighted by Crippen LogP contribution is 2.11. The van der Waals surface area contributed by atoms with Crippen LogP contribution in [0.2, 0.25) is 0 Å². The highest BCUT2D eigenvalue weighted by molar-refractivity contribution is 4.64. The van der Waals surface area contributed by atoms with Gasteiger partial charge in [0.05, 0.1) is 0 Å². The molecule has 86 valence electrons. The highest BCUT2D eigenvalue weighted by Gasteiger charge is 2.04. The summed E-state index contributed by atoms with van der Waals surface area (Å²) >= 11 is 0. The van der Waals surface area contributed by atoms with E-state index in [1.807, 2.05) is 0 Å². The third-order valence-electron chi connectivity index (χ3n) is 2.97. The lowest BCUT2D eigenvalue weighted by molar-refractivity contribution is 0.443. The summed E-state index contributed by atoms with van der Waals surface area (Å²) in [6.07, 6.45) is 12.5. The van der Waals surface area contributed by atoms with Gasteiger partial charge in [-0.25, -0.2) is 0 Å². The summed E-state index contributed by atoms with van der Waals surface area (Å²) in [5, 5.41) is 3.44. The molecule has 0 radical (unpaired) electrons. The van der Waals surface area contributed by atoms with E-state index < -0.39 is 0 Å². The maximum Gasteiger partial charge on any atom is 0.00640 e. The van der Waals surface area contributed by atoms with Crippen LogP contribution < -0.4 is 5.32 Å². The normalized spacial score (nSPS) is 13.1. The Hall–Kier alpha value is -0.0400. The van der Waals surface area contributed by atoms with Gasteiger partial charge >= 0.3 is 0 Å². The lowest BCUT2D eigenvalue weighted by Crippen LogP contribution is -2.24. The topological polar surface area (TPSA) is 12.0 Å². The average molecular weight is 199 g/mol. The van der Waals surface area contributed by atoms with Crippen molar-refractivity contribution < 1.29 is 0 Å². The van der Waals surface area contributed by atoms with Crippen LogP contribution in [-0.4, -0.2) is 13.1 Å². The first kappa shape index (κ1) is 14.0. The first-order valence-corrected chi connectivity index (χ1v) is 6.52. The summed E-state index contributed by atoms with van der Waals surface area (Å²) in [5.41, 5.74) is 0. The van der Waals surface area contributed by atoms with Gasteiger partial charge in [-0.1, -0.05) is 58.8 Å². The van der Waals surface area contributed by atoms with E-state index in [4.69, 9.17) is 0 Å². The molecular formula is C13H29N. The van der Waals surface area contributed by atoms with Crippen LogP contribution in [0.3, 0.4) is 0 Å². The van der Waals surface area contributed by atoms with Crippen LogP contribution in [0.25, 0.3) is 0 Å². The zero-order chi connectivity index (χ0) is 10.6. The van der Waals surface area contributed by atoms with Gasteiger partial charge in [0.25, 0.3) is 0 Å². The molecule has 0 fully saturated rings. The van der Waals surface area contributed by atoms with E-state index in [1.54, 1.807) is 0 Å². The monoisotopic (exact) mass is 199 g/mol. The molecule has 0 aliphatic carbocycles. The first-order valence-electron chi connectivity index (χ1n) is 6.52. The van der Waals surface area contributed by atoms with Crippen LogP contribution in [0.1, 0.15) is 71.6 Å². The largest absolute Gasteiger partial charge is 0.317 e.